The van der Waals surface area contributed by atoms with Gasteiger partial charge in [0.15, 0.2) is 0 Å². The molecule has 2 aromatic rings. The summed E-state index contributed by atoms with van der Waals surface area (Å²) in [6.07, 6.45) is 1.39. The topological polar surface area (TPSA) is 89.0 Å². The van der Waals surface area contributed by atoms with Crippen LogP contribution in [0.3, 0.4) is 0 Å². The number of carbonyl (C=O) groups excluding carboxylic acids is 2. The van der Waals surface area contributed by atoms with Crippen molar-refractivity contribution in [3.05, 3.63) is 59.4 Å². The van der Waals surface area contributed by atoms with E-state index in [-0.39, 0.29) is 12.1 Å². The number of hydrogen-bond acceptors (Lipinski definition) is 5. The number of nitrogens with zero attached hydrogens (tertiary/aromatic N) is 1. The van der Waals surface area contributed by atoms with Crippen LogP contribution in [0.25, 0.3) is 0 Å². The second-order valence-electron chi connectivity index (χ2n) is 5.06. The van der Waals surface area contributed by atoms with Crippen LogP contribution in [0, 0.1) is 5.82 Å². The zero-order valence-electron chi connectivity index (χ0n) is 14.3. The van der Waals surface area contributed by atoms with Crippen molar-refractivity contribution in [3.63, 3.8) is 0 Å². The quantitative estimate of drug-likeness (QED) is 0.582. The maximum Gasteiger partial charge on any atom is 0.259 e. The standard InChI is InChI=1S/C18H18FN3O4/c1-25-13-7-8-16(26-2)12(9-13)10-21-22-17(23)11-20-18(24)14-5-3-4-6-15(14)19/h3-10H,11H2,1-2H3,(H,20,24)(H,22,23)/b21-10-. The Labute approximate surface area is 149 Å². The molecule has 0 aliphatic rings. The fraction of sp³-hybridized carbons (Fsp3) is 0.167. The molecule has 2 aromatic carbocycles. The van der Waals surface area contributed by atoms with Crippen LogP contribution in [0.15, 0.2) is 47.6 Å². The SMILES string of the molecule is COc1ccc(OC)c(/C=N\NC(=O)CNC(=O)c2ccccc2F)c1. The summed E-state index contributed by atoms with van der Waals surface area (Å²) in [6, 6.07) is 10.6. The van der Waals surface area contributed by atoms with Gasteiger partial charge in [0.2, 0.25) is 0 Å². The van der Waals surface area contributed by atoms with E-state index in [0.717, 1.165) is 0 Å². The van der Waals surface area contributed by atoms with E-state index in [2.05, 4.69) is 15.8 Å². The van der Waals surface area contributed by atoms with Crippen LogP contribution in [-0.4, -0.2) is 38.8 Å². The predicted octanol–water partition coefficient (Wildman–Crippen LogP) is 1.72. The largest absolute Gasteiger partial charge is 0.497 e. The Balaban J connectivity index is 1.90. The van der Waals surface area contributed by atoms with Gasteiger partial charge in [0, 0.05) is 5.56 Å². The van der Waals surface area contributed by atoms with Crippen molar-refractivity contribution >= 4 is 18.0 Å². The summed E-state index contributed by atoms with van der Waals surface area (Å²) in [5, 5.41) is 6.13. The number of carbonyl (C=O) groups is 2. The molecule has 0 aliphatic carbocycles. The van der Waals surface area contributed by atoms with E-state index in [4.69, 9.17) is 9.47 Å². The molecule has 0 unspecified atom stereocenters. The Kier molecular flexibility index (Phi) is 6.67. The lowest BCUT2D eigenvalue weighted by Gasteiger charge is -2.07. The van der Waals surface area contributed by atoms with Crippen molar-refractivity contribution < 1.29 is 23.5 Å². The summed E-state index contributed by atoms with van der Waals surface area (Å²) in [4.78, 5) is 23.6. The molecular formula is C18H18FN3O4. The van der Waals surface area contributed by atoms with Crippen LogP contribution >= 0.6 is 0 Å². The molecule has 2 amide bonds. The lowest BCUT2D eigenvalue weighted by atomic mass is 10.2. The molecule has 7 nitrogen and oxygen atoms in total. The van der Waals surface area contributed by atoms with Crippen molar-refractivity contribution in [2.24, 2.45) is 5.10 Å². The Morgan fingerprint density at radius 3 is 2.62 bits per heavy atom. The third-order valence-corrected chi connectivity index (χ3v) is 3.36. The Morgan fingerprint density at radius 2 is 1.92 bits per heavy atom. The molecule has 0 aliphatic heterocycles. The zero-order valence-corrected chi connectivity index (χ0v) is 14.3. The third-order valence-electron chi connectivity index (χ3n) is 3.36. The fourth-order valence-electron chi connectivity index (χ4n) is 2.05. The first-order chi connectivity index (χ1) is 12.5. The number of ether oxygens (including phenoxy) is 2. The summed E-state index contributed by atoms with van der Waals surface area (Å²) in [7, 11) is 3.04. The maximum atomic E-state index is 13.5. The van der Waals surface area contributed by atoms with Gasteiger partial charge in [-0.15, -0.1) is 0 Å². The number of halogens is 1. The second kappa shape index (κ2) is 9.16. The Morgan fingerprint density at radius 1 is 1.15 bits per heavy atom. The van der Waals surface area contributed by atoms with Crippen molar-refractivity contribution in [3.8, 4) is 11.5 Å². The molecule has 0 saturated heterocycles. The first-order valence-electron chi connectivity index (χ1n) is 7.61. The fourth-order valence-corrected chi connectivity index (χ4v) is 2.05. The van der Waals surface area contributed by atoms with E-state index in [9.17, 15) is 14.0 Å². The maximum absolute atomic E-state index is 13.5. The smallest absolute Gasteiger partial charge is 0.259 e. The molecule has 0 radical (unpaired) electrons. The molecule has 2 N–H and O–H groups in total. The number of hydrazone groups is 1. The molecule has 0 spiro atoms. The predicted molar refractivity (Wildman–Crippen MR) is 94.0 cm³/mol. The normalized spacial score (nSPS) is 10.4. The van der Waals surface area contributed by atoms with Gasteiger partial charge in [-0.3, -0.25) is 9.59 Å². The van der Waals surface area contributed by atoms with Crippen LogP contribution in [-0.2, 0) is 4.79 Å². The third kappa shape index (κ3) is 5.04. The van der Waals surface area contributed by atoms with Crippen molar-refractivity contribution in [1.29, 1.82) is 0 Å². The van der Waals surface area contributed by atoms with Gasteiger partial charge in [0.05, 0.1) is 32.5 Å². The van der Waals surface area contributed by atoms with Crippen molar-refractivity contribution in [2.45, 2.75) is 0 Å². The van der Waals surface area contributed by atoms with Gasteiger partial charge in [-0.25, -0.2) is 9.82 Å². The Bertz CT molecular complexity index is 824. The number of nitrogens with one attached hydrogen (secondary N) is 2. The van der Waals surface area contributed by atoms with E-state index in [1.54, 1.807) is 18.2 Å². The molecule has 0 saturated carbocycles. The van der Waals surface area contributed by atoms with Crippen LogP contribution in [0.2, 0.25) is 0 Å². The number of benzene rings is 2. The lowest BCUT2D eigenvalue weighted by molar-refractivity contribution is -0.120. The molecule has 26 heavy (non-hydrogen) atoms. The first kappa shape index (κ1) is 18.9. The molecular weight excluding hydrogens is 341 g/mol. The second-order valence-corrected chi connectivity index (χ2v) is 5.06. The number of rotatable bonds is 7. The number of methoxy groups -OCH3 is 2. The minimum atomic E-state index is -0.684. The highest BCUT2D eigenvalue weighted by atomic mass is 19.1. The molecule has 0 fully saturated rings. The van der Waals surface area contributed by atoms with Gasteiger partial charge in [-0.1, -0.05) is 12.1 Å². The summed E-state index contributed by atoms with van der Waals surface area (Å²) >= 11 is 0. The number of hydrogen-bond donors (Lipinski definition) is 2. The Hall–Kier alpha value is -3.42. The molecule has 2 rings (SSSR count). The number of amides is 2. The monoisotopic (exact) mass is 359 g/mol. The van der Waals surface area contributed by atoms with Crippen LogP contribution in [0.4, 0.5) is 4.39 Å². The minimum Gasteiger partial charge on any atom is -0.497 e. The highest BCUT2D eigenvalue weighted by Gasteiger charge is 2.11. The van der Waals surface area contributed by atoms with Gasteiger partial charge < -0.3 is 14.8 Å². The summed E-state index contributed by atoms with van der Waals surface area (Å²) in [5.41, 5.74) is 2.73. The average Bonchev–Trinajstić information content (AvgIpc) is 2.66. The summed E-state index contributed by atoms with van der Waals surface area (Å²) in [5.74, 6) is -0.745. The summed E-state index contributed by atoms with van der Waals surface area (Å²) in [6.45, 7) is -0.347. The average molecular weight is 359 g/mol. The van der Waals surface area contributed by atoms with Crippen LogP contribution in [0.5, 0.6) is 11.5 Å². The summed E-state index contributed by atoms with van der Waals surface area (Å²) < 4.78 is 23.8. The highest BCUT2D eigenvalue weighted by Crippen LogP contribution is 2.22. The first-order valence-corrected chi connectivity index (χ1v) is 7.61. The molecule has 0 aromatic heterocycles. The van der Waals surface area contributed by atoms with Gasteiger partial charge in [0.1, 0.15) is 17.3 Å². The van der Waals surface area contributed by atoms with E-state index >= 15 is 0 Å². The van der Waals surface area contributed by atoms with Crippen LogP contribution in [0.1, 0.15) is 15.9 Å². The molecule has 0 heterocycles. The van der Waals surface area contributed by atoms with E-state index < -0.39 is 17.6 Å². The van der Waals surface area contributed by atoms with E-state index in [1.165, 1.54) is 44.7 Å². The molecule has 0 atom stereocenters. The van der Waals surface area contributed by atoms with E-state index in [1.807, 2.05) is 0 Å². The highest BCUT2D eigenvalue weighted by molar-refractivity contribution is 5.96. The van der Waals surface area contributed by atoms with Crippen LogP contribution < -0.4 is 20.2 Å². The minimum absolute atomic E-state index is 0.134. The molecule has 136 valence electrons. The zero-order chi connectivity index (χ0) is 18.9. The van der Waals surface area contributed by atoms with Gasteiger partial charge >= 0.3 is 0 Å². The van der Waals surface area contributed by atoms with Gasteiger partial charge in [-0.2, -0.15) is 5.10 Å². The van der Waals surface area contributed by atoms with Gasteiger partial charge in [0.25, 0.3) is 11.8 Å². The molecule has 0 bridgehead atoms. The van der Waals surface area contributed by atoms with Gasteiger partial charge in [-0.05, 0) is 30.3 Å². The molecule has 8 heteroatoms. The van der Waals surface area contributed by atoms with Crippen molar-refractivity contribution in [1.82, 2.24) is 10.7 Å². The van der Waals surface area contributed by atoms with Crippen molar-refractivity contribution in [2.75, 3.05) is 20.8 Å². The van der Waals surface area contributed by atoms with E-state index in [0.29, 0.717) is 17.1 Å². The lowest BCUT2D eigenvalue weighted by Crippen LogP contribution is -2.35.